The highest BCUT2D eigenvalue weighted by Crippen LogP contribution is 2.06. The van der Waals surface area contributed by atoms with E-state index in [-0.39, 0.29) is 18.9 Å². The predicted octanol–water partition coefficient (Wildman–Crippen LogP) is -0.597. The van der Waals surface area contributed by atoms with E-state index in [4.69, 9.17) is 5.73 Å². The van der Waals surface area contributed by atoms with E-state index < -0.39 is 11.4 Å². The van der Waals surface area contributed by atoms with Gasteiger partial charge in [-0.1, -0.05) is 0 Å². The van der Waals surface area contributed by atoms with Crippen LogP contribution in [0.5, 0.6) is 0 Å². The molecule has 13 heavy (non-hydrogen) atoms. The fourth-order valence-electron chi connectivity index (χ4n) is 1.02. The molecular formula is C8H16N2O3. The number of amides is 2. The summed E-state index contributed by atoms with van der Waals surface area (Å²) < 4.78 is 4.63. The minimum absolute atomic E-state index is 0.0117. The SMILES string of the molecule is COCC(=O)NC(C)(C)CC(N)=O. The average Bonchev–Trinajstić information content (AvgIpc) is 1.81. The lowest BCUT2D eigenvalue weighted by molar-refractivity contribution is -0.127. The van der Waals surface area contributed by atoms with Gasteiger partial charge in [0.05, 0.1) is 0 Å². The summed E-state index contributed by atoms with van der Waals surface area (Å²) in [6.45, 7) is 3.44. The third kappa shape index (κ3) is 6.10. The van der Waals surface area contributed by atoms with Gasteiger partial charge in [0, 0.05) is 19.1 Å². The zero-order chi connectivity index (χ0) is 10.5. The number of nitrogens with two attached hydrogens (primary N) is 1. The normalized spacial score (nSPS) is 11.0. The van der Waals surface area contributed by atoms with Gasteiger partial charge in [0.1, 0.15) is 6.61 Å². The number of primary amides is 1. The number of rotatable bonds is 5. The van der Waals surface area contributed by atoms with Crippen molar-refractivity contribution in [3.63, 3.8) is 0 Å². The third-order valence-corrected chi connectivity index (χ3v) is 1.37. The Hall–Kier alpha value is -1.10. The van der Waals surface area contributed by atoms with Crippen LogP contribution in [0.1, 0.15) is 20.3 Å². The molecule has 0 saturated carbocycles. The van der Waals surface area contributed by atoms with Crippen molar-refractivity contribution in [2.24, 2.45) is 5.73 Å². The Balaban J connectivity index is 4.00. The highest BCUT2D eigenvalue weighted by atomic mass is 16.5. The van der Waals surface area contributed by atoms with Gasteiger partial charge in [0.15, 0.2) is 0 Å². The van der Waals surface area contributed by atoms with Crippen LogP contribution in [0.3, 0.4) is 0 Å². The predicted molar refractivity (Wildman–Crippen MR) is 47.9 cm³/mol. The lowest BCUT2D eigenvalue weighted by Crippen LogP contribution is -2.47. The fraction of sp³-hybridized carbons (Fsp3) is 0.750. The Morgan fingerprint density at radius 2 is 2.00 bits per heavy atom. The summed E-state index contributed by atoms with van der Waals surface area (Å²) in [4.78, 5) is 21.6. The first kappa shape index (κ1) is 11.9. The molecule has 0 aliphatic carbocycles. The summed E-state index contributed by atoms with van der Waals surface area (Å²) in [5.41, 5.74) is 4.40. The lowest BCUT2D eigenvalue weighted by Gasteiger charge is -2.24. The number of carbonyl (C=O) groups excluding carboxylic acids is 2. The molecule has 5 nitrogen and oxygen atoms in total. The molecule has 0 aliphatic rings. The topological polar surface area (TPSA) is 81.4 Å². The van der Waals surface area contributed by atoms with Gasteiger partial charge in [-0.2, -0.15) is 0 Å². The minimum Gasteiger partial charge on any atom is -0.375 e. The van der Waals surface area contributed by atoms with Crippen molar-refractivity contribution < 1.29 is 14.3 Å². The van der Waals surface area contributed by atoms with Crippen LogP contribution in [-0.2, 0) is 14.3 Å². The number of methoxy groups -OCH3 is 1. The van der Waals surface area contributed by atoms with E-state index in [9.17, 15) is 9.59 Å². The average molecular weight is 188 g/mol. The molecule has 0 aromatic heterocycles. The molecule has 0 fully saturated rings. The molecular weight excluding hydrogens is 172 g/mol. The molecule has 0 heterocycles. The van der Waals surface area contributed by atoms with Crippen LogP contribution < -0.4 is 11.1 Å². The van der Waals surface area contributed by atoms with Crippen LogP contribution in [0, 0.1) is 0 Å². The van der Waals surface area contributed by atoms with E-state index >= 15 is 0 Å². The summed E-state index contributed by atoms with van der Waals surface area (Å²) in [5, 5.41) is 2.62. The number of hydrogen-bond acceptors (Lipinski definition) is 3. The van der Waals surface area contributed by atoms with Crippen LogP contribution in [0.25, 0.3) is 0 Å². The van der Waals surface area contributed by atoms with Crippen molar-refractivity contribution in [1.29, 1.82) is 0 Å². The van der Waals surface area contributed by atoms with Gasteiger partial charge < -0.3 is 15.8 Å². The largest absolute Gasteiger partial charge is 0.375 e. The molecule has 0 aliphatic heterocycles. The summed E-state index contributed by atoms with van der Waals surface area (Å²) >= 11 is 0. The molecule has 5 heteroatoms. The van der Waals surface area contributed by atoms with Gasteiger partial charge >= 0.3 is 0 Å². The van der Waals surface area contributed by atoms with E-state index in [0.717, 1.165) is 0 Å². The minimum atomic E-state index is -0.610. The lowest BCUT2D eigenvalue weighted by atomic mass is 10.0. The molecule has 0 saturated heterocycles. The van der Waals surface area contributed by atoms with E-state index in [2.05, 4.69) is 10.1 Å². The van der Waals surface area contributed by atoms with Crippen molar-refractivity contribution in [2.75, 3.05) is 13.7 Å². The second kappa shape index (κ2) is 4.81. The molecule has 0 bridgehead atoms. The van der Waals surface area contributed by atoms with Gasteiger partial charge in [-0.25, -0.2) is 0 Å². The Kier molecular flexibility index (Phi) is 4.40. The van der Waals surface area contributed by atoms with Gasteiger partial charge in [0.25, 0.3) is 0 Å². The van der Waals surface area contributed by atoms with Crippen molar-refractivity contribution in [3.05, 3.63) is 0 Å². The second-order valence-electron chi connectivity index (χ2n) is 3.51. The molecule has 76 valence electrons. The Bertz CT molecular complexity index is 202. The quantitative estimate of drug-likeness (QED) is 0.604. The van der Waals surface area contributed by atoms with Crippen LogP contribution in [0.2, 0.25) is 0 Å². The van der Waals surface area contributed by atoms with Crippen molar-refractivity contribution in [3.8, 4) is 0 Å². The van der Waals surface area contributed by atoms with Crippen molar-refractivity contribution in [2.45, 2.75) is 25.8 Å². The molecule has 0 aromatic rings. The maximum atomic E-state index is 11.1. The molecule has 2 amide bonds. The van der Waals surface area contributed by atoms with Crippen LogP contribution in [0.4, 0.5) is 0 Å². The molecule has 0 unspecified atom stereocenters. The highest BCUT2D eigenvalue weighted by molar-refractivity contribution is 5.80. The Morgan fingerprint density at radius 3 is 2.38 bits per heavy atom. The van der Waals surface area contributed by atoms with Crippen LogP contribution >= 0.6 is 0 Å². The first-order valence-electron chi connectivity index (χ1n) is 3.95. The van der Waals surface area contributed by atoms with Gasteiger partial charge in [0.2, 0.25) is 11.8 Å². The summed E-state index contributed by atoms with van der Waals surface area (Å²) in [6.07, 6.45) is 0.114. The standard InChI is InChI=1S/C8H16N2O3/c1-8(2,4-6(9)11)10-7(12)5-13-3/h4-5H2,1-3H3,(H2,9,11)(H,10,12). The highest BCUT2D eigenvalue weighted by Gasteiger charge is 2.22. The smallest absolute Gasteiger partial charge is 0.246 e. The molecule has 3 N–H and O–H groups in total. The van der Waals surface area contributed by atoms with Gasteiger partial charge in [-0.3, -0.25) is 9.59 Å². The number of carbonyl (C=O) groups is 2. The maximum absolute atomic E-state index is 11.1. The maximum Gasteiger partial charge on any atom is 0.246 e. The zero-order valence-electron chi connectivity index (χ0n) is 8.22. The monoisotopic (exact) mass is 188 g/mol. The van der Waals surface area contributed by atoms with E-state index in [1.807, 2.05) is 0 Å². The van der Waals surface area contributed by atoms with E-state index in [1.54, 1.807) is 13.8 Å². The van der Waals surface area contributed by atoms with Gasteiger partial charge in [-0.05, 0) is 13.8 Å². The molecule has 0 rings (SSSR count). The molecule has 0 spiro atoms. The number of nitrogens with one attached hydrogen (secondary N) is 1. The molecule has 0 aromatic carbocycles. The van der Waals surface area contributed by atoms with Crippen LogP contribution in [0.15, 0.2) is 0 Å². The van der Waals surface area contributed by atoms with Crippen molar-refractivity contribution in [1.82, 2.24) is 5.32 Å². The summed E-state index contributed by atoms with van der Waals surface area (Å²) in [7, 11) is 1.43. The zero-order valence-corrected chi connectivity index (χ0v) is 8.22. The Morgan fingerprint density at radius 1 is 1.46 bits per heavy atom. The van der Waals surface area contributed by atoms with Crippen molar-refractivity contribution >= 4 is 11.8 Å². The van der Waals surface area contributed by atoms with E-state index in [1.165, 1.54) is 7.11 Å². The first-order valence-corrected chi connectivity index (χ1v) is 3.95. The second-order valence-corrected chi connectivity index (χ2v) is 3.51. The first-order chi connectivity index (χ1) is 5.87. The summed E-state index contributed by atoms with van der Waals surface area (Å²) in [5.74, 6) is -0.698. The fourth-order valence-corrected chi connectivity index (χ4v) is 1.02. The van der Waals surface area contributed by atoms with E-state index in [0.29, 0.717) is 0 Å². The molecule has 0 atom stereocenters. The number of ether oxygens (including phenoxy) is 1. The van der Waals surface area contributed by atoms with Gasteiger partial charge in [-0.15, -0.1) is 0 Å². The third-order valence-electron chi connectivity index (χ3n) is 1.37. The molecule has 0 radical (unpaired) electrons. The van der Waals surface area contributed by atoms with Crippen LogP contribution in [-0.4, -0.2) is 31.1 Å². The Labute approximate surface area is 77.6 Å². The number of hydrogen-bond donors (Lipinski definition) is 2. The summed E-state index contributed by atoms with van der Waals surface area (Å²) in [6, 6.07) is 0.